The molecule has 0 aromatic carbocycles. The molecule has 1 atom stereocenters. The number of hydrogen-bond donors (Lipinski definition) is 1. The number of anilines is 1. The number of rotatable bonds is 3. The minimum absolute atomic E-state index is 0.184. The summed E-state index contributed by atoms with van der Waals surface area (Å²) in [6.07, 6.45) is 6.79. The molecule has 0 bridgehead atoms. The number of carbonyl (C=O) groups excluding carboxylic acids is 1. The van der Waals surface area contributed by atoms with Crippen LogP contribution in [0.4, 0.5) is 11.4 Å². The first-order valence-corrected chi connectivity index (χ1v) is 10.5. The van der Waals surface area contributed by atoms with Crippen molar-refractivity contribution >= 4 is 46.1 Å². The maximum absolute atomic E-state index is 13.2. The molecule has 11 heteroatoms. The van der Waals surface area contributed by atoms with Crippen molar-refractivity contribution in [3.63, 3.8) is 0 Å². The van der Waals surface area contributed by atoms with Crippen LogP contribution in [0, 0.1) is 6.57 Å². The Bertz CT molecular complexity index is 1430. The zero-order valence-corrected chi connectivity index (χ0v) is 18.6. The Morgan fingerprint density at radius 3 is 2.78 bits per heavy atom. The molecule has 0 saturated carbocycles. The zero-order valence-electron chi connectivity index (χ0n) is 17.0. The summed E-state index contributed by atoms with van der Waals surface area (Å²) in [7, 11) is 0. The Morgan fingerprint density at radius 2 is 2.06 bits per heavy atom. The summed E-state index contributed by atoms with van der Waals surface area (Å²) >= 11 is 12.4. The third-order valence-electron chi connectivity index (χ3n) is 5.53. The zero-order chi connectivity index (χ0) is 22.6. The molecule has 160 valence electrons. The van der Waals surface area contributed by atoms with Crippen LogP contribution in [0.15, 0.2) is 36.9 Å². The summed E-state index contributed by atoms with van der Waals surface area (Å²) < 4.78 is 3.14. The van der Waals surface area contributed by atoms with Crippen LogP contribution in [0.25, 0.3) is 16.3 Å². The van der Waals surface area contributed by atoms with Crippen molar-refractivity contribution in [3.8, 4) is 5.82 Å². The molecule has 4 aromatic heterocycles. The van der Waals surface area contributed by atoms with Crippen LogP contribution in [0.1, 0.15) is 37.4 Å². The summed E-state index contributed by atoms with van der Waals surface area (Å²) in [4.78, 5) is 25.2. The normalized spacial score (nSPS) is 16.7. The van der Waals surface area contributed by atoms with Gasteiger partial charge in [-0.25, -0.2) is 24.0 Å². The van der Waals surface area contributed by atoms with E-state index in [0.717, 1.165) is 11.3 Å². The van der Waals surface area contributed by atoms with Crippen LogP contribution in [0.5, 0.6) is 0 Å². The number of pyridine rings is 1. The summed E-state index contributed by atoms with van der Waals surface area (Å²) in [5.41, 5.74) is 2.94. The molecular weight excluding hydrogens is 451 g/mol. The third-order valence-corrected chi connectivity index (χ3v) is 6.00. The van der Waals surface area contributed by atoms with Crippen molar-refractivity contribution in [2.45, 2.75) is 31.6 Å². The van der Waals surface area contributed by atoms with E-state index in [9.17, 15) is 4.79 Å². The van der Waals surface area contributed by atoms with E-state index in [4.69, 9.17) is 29.8 Å². The summed E-state index contributed by atoms with van der Waals surface area (Å²) in [6, 6.07) is 3.30. The molecule has 1 amide bonds. The highest BCUT2D eigenvalue weighted by molar-refractivity contribution is 6.32. The largest absolute Gasteiger partial charge is 0.324 e. The van der Waals surface area contributed by atoms with Gasteiger partial charge in [-0.05, 0) is 12.5 Å². The number of fused-ring (bicyclic) bond motifs is 3. The van der Waals surface area contributed by atoms with Crippen molar-refractivity contribution in [1.82, 2.24) is 29.4 Å². The maximum Gasteiger partial charge on any atom is 0.232 e. The second-order valence-corrected chi connectivity index (χ2v) is 9.01. The van der Waals surface area contributed by atoms with Crippen molar-refractivity contribution < 1.29 is 4.79 Å². The fraction of sp³-hybridized carbons (Fsp3) is 0.238. The second-order valence-electron chi connectivity index (χ2n) is 8.21. The number of carbonyl (C=O) groups is 1. The molecule has 0 saturated heterocycles. The van der Waals surface area contributed by atoms with Gasteiger partial charge in [0.2, 0.25) is 11.6 Å². The van der Waals surface area contributed by atoms with Crippen LogP contribution in [-0.2, 0) is 10.2 Å². The van der Waals surface area contributed by atoms with E-state index in [2.05, 4.69) is 44.2 Å². The van der Waals surface area contributed by atoms with Crippen LogP contribution in [-0.4, -0.2) is 35.3 Å². The van der Waals surface area contributed by atoms with Gasteiger partial charge in [-0.2, -0.15) is 10.2 Å². The highest BCUT2D eigenvalue weighted by atomic mass is 35.5. The summed E-state index contributed by atoms with van der Waals surface area (Å²) in [5.74, 6) is -0.226. The molecule has 4 heterocycles. The number of halogens is 2. The van der Waals surface area contributed by atoms with E-state index < -0.39 is 5.92 Å². The lowest BCUT2D eigenvalue weighted by molar-refractivity contribution is -0.117. The molecule has 1 aliphatic rings. The first-order valence-electron chi connectivity index (χ1n) is 9.70. The van der Waals surface area contributed by atoms with E-state index in [-0.39, 0.29) is 11.3 Å². The molecule has 32 heavy (non-hydrogen) atoms. The fourth-order valence-corrected chi connectivity index (χ4v) is 4.61. The van der Waals surface area contributed by atoms with Crippen molar-refractivity contribution in [1.29, 1.82) is 0 Å². The first-order chi connectivity index (χ1) is 15.3. The first kappa shape index (κ1) is 20.4. The predicted molar refractivity (Wildman–Crippen MR) is 120 cm³/mol. The molecule has 0 unspecified atom stereocenters. The van der Waals surface area contributed by atoms with Crippen LogP contribution in [0.2, 0.25) is 10.2 Å². The van der Waals surface area contributed by atoms with Gasteiger partial charge in [0.15, 0.2) is 16.6 Å². The summed E-state index contributed by atoms with van der Waals surface area (Å²) in [6.45, 7) is 11.2. The minimum Gasteiger partial charge on any atom is -0.324 e. The average Bonchev–Trinajstić information content (AvgIpc) is 3.42. The Hall–Kier alpha value is -3.48. The molecule has 5 rings (SSSR count). The number of amides is 1. The quantitative estimate of drug-likeness (QED) is 0.446. The molecule has 1 aliphatic carbocycles. The smallest absolute Gasteiger partial charge is 0.232 e. The number of nitrogens with one attached hydrogen (secondary N) is 1. The second kappa shape index (κ2) is 7.29. The highest BCUT2D eigenvalue weighted by Crippen LogP contribution is 2.46. The Balaban J connectivity index is 1.43. The van der Waals surface area contributed by atoms with E-state index in [1.807, 2.05) is 0 Å². The Kier molecular flexibility index (Phi) is 4.65. The molecule has 0 fully saturated rings. The molecule has 0 radical (unpaired) electrons. The molecular formula is C21H16Cl2N8O. The lowest BCUT2D eigenvalue weighted by Crippen LogP contribution is -2.21. The van der Waals surface area contributed by atoms with Crippen LogP contribution in [0.3, 0.4) is 0 Å². The van der Waals surface area contributed by atoms with E-state index in [1.165, 1.54) is 23.3 Å². The molecule has 9 nitrogen and oxygen atoms in total. The number of hydrogen-bond acceptors (Lipinski definition) is 5. The van der Waals surface area contributed by atoms with Gasteiger partial charge in [-0.15, -0.1) is 0 Å². The van der Waals surface area contributed by atoms with Gasteiger partial charge < -0.3 is 5.32 Å². The van der Waals surface area contributed by atoms with Crippen LogP contribution >= 0.6 is 23.2 Å². The molecule has 4 aromatic rings. The molecule has 1 N–H and O–H groups in total. The van der Waals surface area contributed by atoms with Gasteiger partial charge in [0.1, 0.15) is 0 Å². The van der Waals surface area contributed by atoms with Gasteiger partial charge >= 0.3 is 0 Å². The monoisotopic (exact) mass is 466 g/mol. The topological polar surface area (TPSA) is 94.4 Å². The van der Waals surface area contributed by atoms with E-state index in [0.29, 0.717) is 39.4 Å². The fourth-order valence-electron chi connectivity index (χ4n) is 4.19. The number of nitrogens with zero attached hydrogens (tertiary/aromatic N) is 7. The minimum atomic E-state index is -0.411. The predicted octanol–water partition coefficient (Wildman–Crippen LogP) is 4.57. The Morgan fingerprint density at radius 1 is 1.25 bits per heavy atom. The standard InChI is InChI=1S/C21H16Cl2N8O/c1-21(2)6-13(14-9-25-17-5-16(23)29-31(17)18(14)21)20(32)28-11-4-15(22)19(26-7-11)30-10-12(24-3)8-27-30/h4-5,7-10,13H,6H2,1-2H3,(H,28,32)/t13-/m0/s1. The highest BCUT2D eigenvalue weighted by Gasteiger charge is 2.43. The SMILES string of the molecule is [C-]#[N+]c1cnn(-c2ncc(NC(=O)[C@H]3CC(C)(C)c4c3cnc3cc(Cl)nn43)cc2Cl)c1. The van der Waals surface area contributed by atoms with E-state index in [1.54, 1.807) is 22.8 Å². The average molecular weight is 467 g/mol. The number of aromatic nitrogens is 6. The van der Waals surface area contributed by atoms with E-state index >= 15 is 0 Å². The van der Waals surface area contributed by atoms with Crippen molar-refractivity contribution in [2.24, 2.45) is 0 Å². The van der Waals surface area contributed by atoms with Crippen molar-refractivity contribution in [3.05, 3.63) is 69.8 Å². The van der Waals surface area contributed by atoms with Crippen LogP contribution < -0.4 is 5.32 Å². The molecule has 0 spiro atoms. The molecule has 0 aliphatic heterocycles. The lowest BCUT2D eigenvalue weighted by atomic mass is 9.88. The Labute approximate surface area is 192 Å². The van der Waals surface area contributed by atoms with Gasteiger partial charge in [0.05, 0.1) is 41.3 Å². The van der Waals surface area contributed by atoms with Gasteiger partial charge in [0.25, 0.3) is 0 Å². The van der Waals surface area contributed by atoms with Gasteiger partial charge in [-0.3, -0.25) is 4.79 Å². The van der Waals surface area contributed by atoms with Gasteiger partial charge in [-0.1, -0.05) is 37.0 Å². The summed E-state index contributed by atoms with van der Waals surface area (Å²) in [5, 5.41) is 12.0. The van der Waals surface area contributed by atoms with Gasteiger partial charge in [0, 0.05) is 29.4 Å². The third kappa shape index (κ3) is 3.28. The maximum atomic E-state index is 13.2. The van der Waals surface area contributed by atoms with Crippen molar-refractivity contribution in [2.75, 3.05) is 5.32 Å². The lowest BCUT2D eigenvalue weighted by Gasteiger charge is -2.19.